The molecule has 125 valence electrons. The molecule has 0 atom stereocenters. The smallest absolute Gasteiger partial charge is 0.340 e. The van der Waals surface area contributed by atoms with Crippen molar-refractivity contribution in [3.05, 3.63) is 39.8 Å². The third-order valence-electron chi connectivity index (χ3n) is 3.85. The summed E-state index contributed by atoms with van der Waals surface area (Å²) < 4.78 is 4.77. The molecule has 1 radical (unpaired) electrons. The number of hydrogen-bond acceptors (Lipinski definition) is 6. The largest absolute Gasteiger partial charge is 0.465 e. The van der Waals surface area contributed by atoms with Crippen LogP contribution in [0.2, 0.25) is 0 Å². The van der Waals surface area contributed by atoms with Crippen LogP contribution in [0.25, 0.3) is 0 Å². The Morgan fingerprint density at radius 2 is 1.91 bits per heavy atom. The summed E-state index contributed by atoms with van der Waals surface area (Å²) in [5.74, 6) is 0.813. The zero-order valence-corrected chi connectivity index (χ0v) is 13.7. The molecule has 0 aliphatic carbocycles. The van der Waals surface area contributed by atoms with Crippen molar-refractivity contribution in [1.29, 1.82) is 0 Å². The van der Waals surface area contributed by atoms with E-state index in [0.717, 1.165) is 32.7 Å². The van der Waals surface area contributed by atoms with E-state index in [0.29, 0.717) is 5.69 Å². The molecule has 7 heteroatoms. The van der Waals surface area contributed by atoms with Gasteiger partial charge in [-0.05, 0) is 12.0 Å². The fourth-order valence-corrected chi connectivity index (χ4v) is 2.78. The van der Waals surface area contributed by atoms with Crippen molar-refractivity contribution in [2.24, 2.45) is 0 Å². The first-order chi connectivity index (χ1) is 10.9. The van der Waals surface area contributed by atoms with Gasteiger partial charge in [-0.2, -0.15) is 0 Å². The number of nitro groups is 1. The molecule has 0 N–H and O–H groups in total. The van der Waals surface area contributed by atoms with E-state index < -0.39 is 10.9 Å². The minimum absolute atomic E-state index is 0.107. The summed E-state index contributed by atoms with van der Waals surface area (Å²) in [4.78, 5) is 26.8. The second kappa shape index (κ2) is 7.41. The molecule has 0 bridgehead atoms. The van der Waals surface area contributed by atoms with E-state index in [4.69, 9.17) is 4.74 Å². The van der Waals surface area contributed by atoms with Gasteiger partial charge in [0.05, 0.1) is 23.3 Å². The van der Waals surface area contributed by atoms with Gasteiger partial charge < -0.3 is 9.64 Å². The SMILES string of the molecule is COC(=O)c1cc([N+](=O)[O-])ccc1N1CCN(C[C](C)C)CC1. The maximum Gasteiger partial charge on any atom is 0.340 e. The van der Waals surface area contributed by atoms with Gasteiger partial charge in [-0.15, -0.1) is 0 Å². The molecule has 1 aliphatic heterocycles. The molecule has 23 heavy (non-hydrogen) atoms. The number of ether oxygens (including phenoxy) is 1. The van der Waals surface area contributed by atoms with Crippen molar-refractivity contribution in [2.75, 3.05) is 44.7 Å². The quantitative estimate of drug-likeness (QED) is 0.470. The van der Waals surface area contributed by atoms with Gasteiger partial charge in [0, 0.05) is 44.9 Å². The summed E-state index contributed by atoms with van der Waals surface area (Å²) in [6.45, 7) is 8.52. The molecule has 1 aromatic carbocycles. The van der Waals surface area contributed by atoms with Gasteiger partial charge in [-0.3, -0.25) is 15.0 Å². The number of rotatable bonds is 5. The van der Waals surface area contributed by atoms with Crippen LogP contribution in [0.1, 0.15) is 24.2 Å². The van der Waals surface area contributed by atoms with Crippen LogP contribution in [0.5, 0.6) is 0 Å². The van der Waals surface area contributed by atoms with E-state index in [1.165, 1.54) is 25.2 Å². The number of nitro benzene ring substituents is 1. The molecule has 1 fully saturated rings. The number of carbonyl (C=O) groups excluding carboxylic acids is 1. The van der Waals surface area contributed by atoms with Crippen molar-refractivity contribution in [1.82, 2.24) is 4.90 Å². The van der Waals surface area contributed by atoms with E-state index in [9.17, 15) is 14.9 Å². The Morgan fingerprint density at radius 1 is 1.26 bits per heavy atom. The molecule has 0 unspecified atom stereocenters. The van der Waals surface area contributed by atoms with Gasteiger partial charge in [0.1, 0.15) is 0 Å². The van der Waals surface area contributed by atoms with Gasteiger partial charge in [0.2, 0.25) is 0 Å². The number of hydrogen-bond donors (Lipinski definition) is 0. The third-order valence-corrected chi connectivity index (χ3v) is 3.85. The summed E-state index contributed by atoms with van der Waals surface area (Å²) >= 11 is 0. The lowest BCUT2D eigenvalue weighted by molar-refractivity contribution is -0.384. The fraction of sp³-hybridized carbons (Fsp3) is 0.500. The van der Waals surface area contributed by atoms with Crippen molar-refractivity contribution < 1.29 is 14.5 Å². The molecule has 0 spiro atoms. The lowest BCUT2D eigenvalue weighted by atomic mass is 10.1. The number of anilines is 1. The molecule has 0 saturated carbocycles. The number of piperazine rings is 1. The Labute approximate surface area is 136 Å². The highest BCUT2D eigenvalue weighted by atomic mass is 16.6. The van der Waals surface area contributed by atoms with Crippen LogP contribution >= 0.6 is 0 Å². The van der Waals surface area contributed by atoms with Crippen LogP contribution in [-0.4, -0.2) is 55.6 Å². The molecular weight excluding hydrogens is 298 g/mol. The molecule has 7 nitrogen and oxygen atoms in total. The van der Waals surface area contributed by atoms with E-state index in [1.54, 1.807) is 6.07 Å². The van der Waals surface area contributed by atoms with E-state index in [1.807, 2.05) is 0 Å². The monoisotopic (exact) mass is 320 g/mol. The number of benzene rings is 1. The Balaban J connectivity index is 2.19. The van der Waals surface area contributed by atoms with Gasteiger partial charge in [0.15, 0.2) is 0 Å². The minimum atomic E-state index is -0.552. The van der Waals surface area contributed by atoms with E-state index >= 15 is 0 Å². The Kier molecular flexibility index (Phi) is 5.54. The number of carbonyl (C=O) groups is 1. The highest BCUT2D eigenvalue weighted by Crippen LogP contribution is 2.27. The molecule has 2 rings (SSSR count). The van der Waals surface area contributed by atoms with Crippen molar-refractivity contribution in [3.63, 3.8) is 0 Å². The first kappa shape index (κ1) is 17.2. The molecular formula is C16H22N3O4. The van der Waals surface area contributed by atoms with Crippen molar-refractivity contribution in [2.45, 2.75) is 13.8 Å². The fourth-order valence-electron chi connectivity index (χ4n) is 2.78. The zero-order chi connectivity index (χ0) is 17.0. The van der Waals surface area contributed by atoms with Crippen LogP contribution in [0.15, 0.2) is 18.2 Å². The van der Waals surface area contributed by atoms with Crippen molar-refractivity contribution >= 4 is 17.3 Å². The number of nitrogens with zero attached hydrogens (tertiary/aromatic N) is 3. The minimum Gasteiger partial charge on any atom is -0.465 e. The third kappa shape index (κ3) is 4.19. The van der Waals surface area contributed by atoms with E-state index in [2.05, 4.69) is 23.6 Å². The molecule has 0 aromatic heterocycles. The Bertz CT molecular complexity index is 581. The maximum absolute atomic E-state index is 12.0. The highest BCUT2D eigenvalue weighted by molar-refractivity contribution is 5.96. The van der Waals surface area contributed by atoms with Crippen LogP contribution in [0, 0.1) is 16.0 Å². The summed E-state index contributed by atoms with van der Waals surface area (Å²) in [7, 11) is 1.28. The molecule has 1 aliphatic rings. The predicted molar refractivity (Wildman–Crippen MR) is 87.7 cm³/mol. The molecule has 1 aromatic rings. The average Bonchev–Trinajstić information content (AvgIpc) is 2.53. The van der Waals surface area contributed by atoms with Crippen LogP contribution in [0.3, 0.4) is 0 Å². The molecule has 1 heterocycles. The summed E-state index contributed by atoms with van der Waals surface area (Å²) in [5.41, 5.74) is 0.830. The number of esters is 1. The summed E-state index contributed by atoms with van der Waals surface area (Å²) in [6.07, 6.45) is 0. The first-order valence-corrected chi connectivity index (χ1v) is 7.55. The van der Waals surface area contributed by atoms with Gasteiger partial charge in [0.25, 0.3) is 5.69 Å². The normalized spacial score (nSPS) is 15.7. The number of non-ortho nitro benzene ring substituents is 1. The zero-order valence-electron chi connectivity index (χ0n) is 13.7. The average molecular weight is 320 g/mol. The lowest BCUT2D eigenvalue weighted by Crippen LogP contribution is -2.47. The number of methoxy groups -OCH3 is 1. The first-order valence-electron chi connectivity index (χ1n) is 7.55. The summed E-state index contributed by atoms with van der Waals surface area (Å²) in [6, 6.07) is 4.35. The van der Waals surface area contributed by atoms with Crippen LogP contribution in [-0.2, 0) is 4.74 Å². The summed E-state index contributed by atoms with van der Waals surface area (Å²) in [5, 5.41) is 10.9. The Hall–Kier alpha value is -2.15. The topological polar surface area (TPSA) is 75.9 Å². The van der Waals surface area contributed by atoms with Gasteiger partial charge >= 0.3 is 5.97 Å². The highest BCUT2D eigenvalue weighted by Gasteiger charge is 2.24. The van der Waals surface area contributed by atoms with E-state index in [-0.39, 0.29) is 11.3 Å². The second-order valence-electron chi connectivity index (χ2n) is 5.92. The predicted octanol–water partition coefficient (Wildman–Crippen LogP) is 2.12. The van der Waals surface area contributed by atoms with Crippen LogP contribution < -0.4 is 4.90 Å². The lowest BCUT2D eigenvalue weighted by Gasteiger charge is -2.37. The molecule has 1 saturated heterocycles. The molecule has 0 amide bonds. The maximum atomic E-state index is 12.0. The van der Waals surface area contributed by atoms with Crippen molar-refractivity contribution in [3.8, 4) is 0 Å². The standard InChI is InChI=1S/C16H22N3O4/c1-12(2)11-17-6-8-18(9-7-17)15-5-4-13(19(21)22)10-14(15)16(20)23-3/h4-5,10H,6-9,11H2,1-3H3. The van der Waals surface area contributed by atoms with Gasteiger partial charge in [-0.1, -0.05) is 13.8 Å². The van der Waals surface area contributed by atoms with Crippen LogP contribution in [0.4, 0.5) is 11.4 Å². The van der Waals surface area contributed by atoms with Gasteiger partial charge in [-0.25, -0.2) is 4.79 Å². The Morgan fingerprint density at radius 3 is 2.43 bits per heavy atom. The second-order valence-corrected chi connectivity index (χ2v) is 5.92.